The van der Waals surface area contributed by atoms with Crippen LogP contribution in [0.25, 0.3) is 11.0 Å². The second-order valence-corrected chi connectivity index (χ2v) is 3.74. The number of hydrogen-bond acceptors (Lipinski definition) is 3. The number of para-hydroxylation sites is 1. The van der Waals surface area contributed by atoms with Gasteiger partial charge in [0.15, 0.2) is 5.76 Å². The Hall–Kier alpha value is -1.69. The largest absolute Gasteiger partial charge is 0.458 e. The molecule has 0 aliphatic carbocycles. The first kappa shape index (κ1) is 11.8. The molecule has 0 fully saturated rings. The van der Waals surface area contributed by atoms with Gasteiger partial charge in [0.1, 0.15) is 5.58 Å². The number of benzene rings is 1. The van der Waals surface area contributed by atoms with Gasteiger partial charge in [0, 0.05) is 11.5 Å². The van der Waals surface area contributed by atoms with E-state index in [0.717, 1.165) is 6.07 Å². The van der Waals surface area contributed by atoms with Gasteiger partial charge < -0.3 is 4.42 Å². The summed E-state index contributed by atoms with van der Waals surface area (Å²) in [5, 5.41) is 0.501. The fourth-order valence-corrected chi connectivity index (χ4v) is 1.63. The number of hydrogen-bond donors (Lipinski definition) is 0. The van der Waals surface area contributed by atoms with Gasteiger partial charge >= 0.3 is 12.0 Å². The van der Waals surface area contributed by atoms with Crippen molar-refractivity contribution in [3.63, 3.8) is 0 Å². The molecular formula is C11H5F3O2S. The average molecular weight is 258 g/mol. The topological polar surface area (TPSA) is 30.2 Å². The van der Waals surface area contributed by atoms with Crippen LogP contribution in [-0.4, -0.2) is 12.0 Å². The van der Waals surface area contributed by atoms with E-state index in [2.05, 4.69) is 0 Å². The number of alkyl halides is 3. The van der Waals surface area contributed by atoms with Crippen molar-refractivity contribution in [2.24, 2.45) is 0 Å². The molecule has 0 spiro atoms. The van der Waals surface area contributed by atoms with Gasteiger partial charge in [0.2, 0.25) is 0 Å². The molecule has 2 aromatic rings. The first-order valence-corrected chi connectivity index (χ1v) is 4.95. The van der Waals surface area contributed by atoms with Crippen molar-refractivity contribution in [1.82, 2.24) is 0 Å². The zero-order chi connectivity index (χ0) is 12.6. The summed E-state index contributed by atoms with van der Waals surface area (Å²) in [7, 11) is 0. The maximum Gasteiger partial charge on any atom is 0.458 e. The Morgan fingerprint density at radius 3 is 2.53 bits per heavy atom. The molecule has 1 aromatic carbocycles. The zero-order valence-electron chi connectivity index (χ0n) is 8.25. The molecule has 0 unspecified atom stereocenters. The van der Waals surface area contributed by atoms with E-state index in [4.69, 9.17) is 16.6 Å². The van der Waals surface area contributed by atoms with Crippen LogP contribution in [0.15, 0.2) is 34.7 Å². The lowest BCUT2D eigenvalue weighted by atomic mass is 10.2. The third-order valence-corrected chi connectivity index (χ3v) is 2.45. The number of Topliss-reactive ketones (excluding diaryl/α,β-unsaturated/α-hetero) is 1. The Bertz CT molecular complexity index is 643. The van der Waals surface area contributed by atoms with E-state index in [9.17, 15) is 18.0 Å². The Labute approximate surface area is 98.7 Å². The van der Waals surface area contributed by atoms with Crippen molar-refractivity contribution >= 4 is 29.0 Å². The third kappa shape index (κ3) is 2.21. The average Bonchev–Trinajstić information content (AvgIpc) is 2.27. The summed E-state index contributed by atoms with van der Waals surface area (Å²) in [4.78, 5) is 11.0. The van der Waals surface area contributed by atoms with E-state index in [-0.39, 0.29) is 10.1 Å². The smallest absolute Gasteiger partial charge is 0.453 e. The quantitative estimate of drug-likeness (QED) is 0.574. The Morgan fingerprint density at radius 2 is 1.88 bits per heavy atom. The van der Waals surface area contributed by atoms with Crippen molar-refractivity contribution in [2.45, 2.75) is 6.18 Å². The SMILES string of the molecule is O=C(c1cc(=S)c2ccccc2o1)C(F)(F)F. The standard InChI is InChI=1S/C11H5F3O2S/c12-11(13,14)10(15)8-5-9(17)6-3-1-2-4-7(6)16-8/h1-5H. The summed E-state index contributed by atoms with van der Waals surface area (Å²) in [6.07, 6.45) is -4.96. The summed E-state index contributed by atoms with van der Waals surface area (Å²) in [5.74, 6) is -2.82. The fourth-order valence-electron chi connectivity index (χ4n) is 1.36. The number of carbonyl (C=O) groups is 1. The van der Waals surface area contributed by atoms with Gasteiger partial charge in [-0.15, -0.1) is 0 Å². The van der Waals surface area contributed by atoms with Gasteiger partial charge in [-0.2, -0.15) is 13.2 Å². The lowest BCUT2D eigenvalue weighted by Gasteiger charge is -2.05. The van der Waals surface area contributed by atoms with Crippen LogP contribution in [0.2, 0.25) is 0 Å². The molecule has 88 valence electrons. The van der Waals surface area contributed by atoms with E-state index in [1.165, 1.54) is 6.07 Å². The molecule has 2 nitrogen and oxygen atoms in total. The molecule has 0 saturated heterocycles. The van der Waals surface area contributed by atoms with Crippen LogP contribution in [0.4, 0.5) is 13.2 Å². The first-order valence-electron chi connectivity index (χ1n) is 4.54. The van der Waals surface area contributed by atoms with Gasteiger partial charge in [-0.3, -0.25) is 4.79 Å². The Balaban J connectivity index is 2.66. The van der Waals surface area contributed by atoms with Gasteiger partial charge in [-0.05, 0) is 12.1 Å². The van der Waals surface area contributed by atoms with Crippen LogP contribution in [0.1, 0.15) is 10.6 Å². The molecule has 0 radical (unpaired) electrons. The van der Waals surface area contributed by atoms with E-state index < -0.39 is 17.7 Å². The Kier molecular flexibility index (Phi) is 2.74. The molecule has 0 saturated carbocycles. The van der Waals surface area contributed by atoms with Crippen LogP contribution in [0, 0.1) is 4.51 Å². The van der Waals surface area contributed by atoms with Crippen molar-refractivity contribution in [3.8, 4) is 0 Å². The first-order chi connectivity index (χ1) is 7.89. The van der Waals surface area contributed by atoms with Crippen LogP contribution in [0.5, 0.6) is 0 Å². The van der Waals surface area contributed by atoms with Crippen LogP contribution < -0.4 is 0 Å². The maximum absolute atomic E-state index is 12.2. The minimum atomic E-state index is -4.96. The molecule has 0 aliphatic heterocycles. The summed E-state index contributed by atoms with van der Waals surface area (Å²) in [6.45, 7) is 0. The van der Waals surface area contributed by atoms with E-state index in [1.54, 1.807) is 18.2 Å². The molecule has 0 aliphatic rings. The monoisotopic (exact) mass is 258 g/mol. The summed E-state index contributed by atoms with van der Waals surface area (Å²) in [6, 6.07) is 7.26. The third-order valence-electron chi connectivity index (χ3n) is 2.12. The van der Waals surface area contributed by atoms with Gasteiger partial charge in [-0.25, -0.2) is 0 Å². The number of halogens is 3. The molecule has 1 aromatic heterocycles. The number of rotatable bonds is 1. The predicted molar refractivity (Wildman–Crippen MR) is 57.4 cm³/mol. The molecule has 0 N–H and O–H groups in total. The highest BCUT2D eigenvalue weighted by molar-refractivity contribution is 7.71. The van der Waals surface area contributed by atoms with E-state index >= 15 is 0 Å². The minimum absolute atomic E-state index is 0.152. The highest BCUT2D eigenvalue weighted by atomic mass is 32.1. The summed E-state index contributed by atoms with van der Waals surface area (Å²) < 4.78 is 41.7. The van der Waals surface area contributed by atoms with Crippen LogP contribution >= 0.6 is 12.2 Å². The van der Waals surface area contributed by atoms with E-state index in [0.29, 0.717) is 5.39 Å². The van der Waals surface area contributed by atoms with Gasteiger partial charge in [0.25, 0.3) is 0 Å². The molecule has 17 heavy (non-hydrogen) atoms. The van der Waals surface area contributed by atoms with Crippen LogP contribution in [-0.2, 0) is 0 Å². The molecule has 2 rings (SSSR count). The second-order valence-electron chi connectivity index (χ2n) is 3.30. The maximum atomic E-state index is 12.2. The van der Waals surface area contributed by atoms with Crippen molar-refractivity contribution < 1.29 is 22.4 Å². The second kappa shape index (κ2) is 3.96. The highest BCUT2D eigenvalue weighted by Gasteiger charge is 2.41. The fraction of sp³-hybridized carbons (Fsp3) is 0.0909. The summed E-state index contributed by atoms with van der Waals surface area (Å²) in [5.41, 5.74) is 0.160. The molecular weight excluding hydrogens is 253 g/mol. The molecule has 1 heterocycles. The molecule has 0 bridgehead atoms. The highest BCUT2D eigenvalue weighted by Crippen LogP contribution is 2.25. The normalized spacial score (nSPS) is 11.7. The van der Waals surface area contributed by atoms with Crippen molar-refractivity contribution in [1.29, 1.82) is 0 Å². The summed E-state index contributed by atoms with van der Waals surface area (Å²) >= 11 is 4.90. The van der Waals surface area contributed by atoms with Crippen LogP contribution in [0.3, 0.4) is 0 Å². The van der Waals surface area contributed by atoms with E-state index in [1.807, 2.05) is 0 Å². The lowest BCUT2D eigenvalue weighted by Crippen LogP contribution is -2.22. The zero-order valence-corrected chi connectivity index (χ0v) is 9.06. The van der Waals surface area contributed by atoms with Gasteiger partial charge in [-0.1, -0.05) is 24.4 Å². The van der Waals surface area contributed by atoms with Gasteiger partial charge in [0.05, 0.1) is 4.51 Å². The number of ketones is 1. The lowest BCUT2D eigenvalue weighted by molar-refractivity contribution is -0.0899. The van der Waals surface area contributed by atoms with Crippen molar-refractivity contribution in [2.75, 3.05) is 0 Å². The minimum Gasteiger partial charge on any atom is -0.453 e. The number of fused-ring (bicyclic) bond motifs is 1. The Morgan fingerprint density at radius 1 is 1.24 bits per heavy atom. The van der Waals surface area contributed by atoms with Crippen molar-refractivity contribution in [3.05, 3.63) is 40.6 Å². The molecule has 6 heteroatoms. The molecule has 0 atom stereocenters. The predicted octanol–water partition coefficient (Wildman–Crippen LogP) is 3.91. The number of carbonyl (C=O) groups excluding carboxylic acids is 1. The molecule has 0 amide bonds.